The number of carboxylic acid groups (broad SMARTS) is 1. The van der Waals surface area contributed by atoms with Gasteiger partial charge in [-0.3, -0.25) is 9.22 Å². The van der Waals surface area contributed by atoms with Crippen LogP contribution in [0.3, 0.4) is 0 Å². The van der Waals surface area contributed by atoms with Crippen molar-refractivity contribution < 1.29 is 23.9 Å². The van der Waals surface area contributed by atoms with Crippen LogP contribution >= 0.6 is 0 Å². The van der Waals surface area contributed by atoms with Crippen LogP contribution in [0.2, 0.25) is 0 Å². The molecule has 0 rings (SSSR count). The minimum Gasteiger partial charge on any atom is -0.481 e. The zero-order valence-corrected chi connectivity index (χ0v) is 7.65. The quantitative estimate of drug-likeness (QED) is 0.618. The molecule has 0 aromatic rings. The van der Waals surface area contributed by atoms with Crippen molar-refractivity contribution in [1.82, 2.24) is 0 Å². The van der Waals surface area contributed by atoms with Gasteiger partial charge in [-0.25, -0.2) is 0 Å². The van der Waals surface area contributed by atoms with E-state index in [1.54, 1.807) is 6.92 Å². The van der Waals surface area contributed by atoms with Gasteiger partial charge in [0, 0.05) is 11.9 Å². The summed E-state index contributed by atoms with van der Waals surface area (Å²) in [7, 11) is 1.39. The Morgan fingerprint density at radius 3 is 2.46 bits per heavy atom. The van der Waals surface area contributed by atoms with Crippen molar-refractivity contribution in [3.63, 3.8) is 0 Å². The van der Waals surface area contributed by atoms with Gasteiger partial charge in [0.15, 0.2) is 6.79 Å². The average Bonchev–Trinajstić information content (AvgIpc) is 2.11. The highest BCUT2D eigenvalue weighted by Gasteiger charge is 2.32. The minimum absolute atomic E-state index is 0.228. The van der Waals surface area contributed by atoms with Crippen molar-refractivity contribution in [3.05, 3.63) is 0 Å². The molecule has 0 saturated heterocycles. The Morgan fingerprint density at radius 2 is 2.15 bits per heavy atom. The zero-order chi connectivity index (χ0) is 10.4. The molecule has 5 nitrogen and oxygen atoms in total. The standard InChI is InChI=1S/C8H12O5/c1-5(12-2)6(8(10)11)4-7(9)13-3/h5-6H,3-4H2,1-2H3/p+1/t5-,6+/m1/s1. The lowest BCUT2D eigenvalue weighted by Crippen LogP contribution is -2.29. The normalized spacial score (nSPS) is 14.6. The molecule has 0 heterocycles. The molecular weight excluding hydrogens is 176 g/mol. The van der Waals surface area contributed by atoms with Crippen LogP contribution in [0.15, 0.2) is 0 Å². The molecule has 0 unspecified atom stereocenters. The van der Waals surface area contributed by atoms with E-state index >= 15 is 0 Å². The number of hydrogen-bond acceptors (Lipinski definition) is 3. The number of hydrogen-bond donors (Lipinski definition) is 1. The third-order valence-electron chi connectivity index (χ3n) is 1.80. The van der Waals surface area contributed by atoms with Crippen LogP contribution in [-0.4, -0.2) is 37.0 Å². The van der Waals surface area contributed by atoms with E-state index in [1.807, 2.05) is 0 Å². The molecule has 2 atom stereocenters. The average molecular weight is 189 g/mol. The first-order valence-corrected chi connectivity index (χ1v) is 3.73. The van der Waals surface area contributed by atoms with Gasteiger partial charge in [-0.05, 0) is 6.92 Å². The van der Waals surface area contributed by atoms with Gasteiger partial charge < -0.3 is 9.84 Å². The SMILES string of the molecule is C=[O+]C(=O)C[C@H](C(=O)O)[C@@H](C)OC. The second-order valence-corrected chi connectivity index (χ2v) is 2.61. The fourth-order valence-electron chi connectivity index (χ4n) is 0.857. The van der Waals surface area contributed by atoms with Crippen LogP contribution in [0.1, 0.15) is 13.3 Å². The second-order valence-electron chi connectivity index (χ2n) is 2.61. The highest BCUT2D eigenvalue weighted by molar-refractivity contribution is 5.78. The lowest BCUT2D eigenvalue weighted by atomic mass is 10.0. The van der Waals surface area contributed by atoms with E-state index in [-0.39, 0.29) is 6.42 Å². The van der Waals surface area contributed by atoms with Crippen LogP contribution in [-0.2, 0) is 18.8 Å². The molecule has 74 valence electrons. The van der Waals surface area contributed by atoms with Crippen LogP contribution in [0, 0.1) is 5.92 Å². The molecule has 0 bridgehead atoms. The van der Waals surface area contributed by atoms with Gasteiger partial charge in [-0.1, -0.05) is 0 Å². The molecule has 0 aliphatic heterocycles. The summed E-state index contributed by atoms with van der Waals surface area (Å²) < 4.78 is 8.93. The van der Waals surface area contributed by atoms with Crippen LogP contribution in [0.25, 0.3) is 0 Å². The first-order valence-electron chi connectivity index (χ1n) is 3.73. The highest BCUT2D eigenvalue weighted by Crippen LogP contribution is 2.12. The van der Waals surface area contributed by atoms with E-state index in [1.165, 1.54) is 7.11 Å². The third-order valence-corrected chi connectivity index (χ3v) is 1.80. The van der Waals surface area contributed by atoms with Crippen LogP contribution in [0.5, 0.6) is 0 Å². The predicted octanol–water partition coefficient (Wildman–Crippen LogP) is 0.00320. The Bertz CT molecular complexity index is 211. The second kappa shape index (κ2) is 5.42. The summed E-state index contributed by atoms with van der Waals surface area (Å²) >= 11 is 0. The Balaban J connectivity index is 4.34. The highest BCUT2D eigenvalue weighted by atomic mass is 16.5. The molecule has 0 aromatic carbocycles. The Morgan fingerprint density at radius 1 is 1.62 bits per heavy atom. The lowest BCUT2D eigenvalue weighted by Gasteiger charge is -2.14. The smallest absolute Gasteiger partial charge is 0.481 e. The molecule has 0 aliphatic rings. The van der Waals surface area contributed by atoms with Crippen molar-refractivity contribution in [1.29, 1.82) is 0 Å². The first kappa shape index (κ1) is 11.8. The van der Waals surface area contributed by atoms with Gasteiger partial charge in [0.1, 0.15) is 6.42 Å². The van der Waals surface area contributed by atoms with E-state index in [0.29, 0.717) is 0 Å². The molecule has 0 radical (unpaired) electrons. The van der Waals surface area contributed by atoms with Crippen LogP contribution in [0.4, 0.5) is 0 Å². The van der Waals surface area contributed by atoms with E-state index in [0.717, 1.165) is 0 Å². The summed E-state index contributed by atoms with van der Waals surface area (Å²) in [6.45, 7) is 4.48. The number of carboxylic acids is 1. The molecule has 0 amide bonds. The van der Waals surface area contributed by atoms with Gasteiger partial charge in [0.05, 0.1) is 12.0 Å². The van der Waals surface area contributed by atoms with Gasteiger partial charge in [-0.15, -0.1) is 0 Å². The van der Waals surface area contributed by atoms with Crippen molar-refractivity contribution in [3.8, 4) is 0 Å². The number of methoxy groups -OCH3 is 1. The van der Waals surface area contributed by atoms with Crippen molar-refractivity contribution >= 4 is 18.7 Å². The maximum atomic E-state index is 10.7. The van der Waals surface area contributed by atoms with Gasteiger partial charge >= 0.3 is 11.9 Å². The number of carbonyl (C=O) groups excluding carboxylic acids is 2. The third kappa shape index (κ3) is 3.80. The molecule has 0 fully saturated rings. The van der Waals surface area contributed by atoms with Gasteiger partial charge in [0.2, 0.25) is 0 Å². The monoisotopic (exact) mass is 189 g/mol. The van der Waals surface area contributed by atoms with E-state index in [9.17, 15) is 9.59 Å². The maximum absolute atomic E-state index is 10.7. The maximum Gasteiger partial charge on any atom is 0.580 e. The van der Waals surface area contributed by atoms with Crippen molar-refractivity contribution in [2.75, 3.05) is 7.11 Å². The summed E-state index contributed by atoms with van der Waals surface area (Å²) in [6.07, 6.45) is -0.759. The molecule has 0 saturated carbocycles. The molecular formula is C8H13O5+. The summed E-state index contributed by atoms with van der Waals surface area (Å²) in [4.78, 5) is 21.4. The zero-order valence-electron chi connectivity index (χ0n) is 7.65. The largest absolute Gasteiger partial charge is 0.580 e. The predicted molar refractivity (Wildman–Crippen MR) is 44.3 cm³/mol. The molecule has 5 heteroatoms. The molecule has 0 aliphatic carbocycles. The summed E-state index contributed by atoms with van der Waals surface area (Å²) in [5.41, 5.74) is 0. The number of aliphatic carboxylic acids is 1. The van der Waals surface area contributed by atoms with Crippen molar-refractivity contribution in [2.24, 2.45) is 5.92 Å². The fraction of sp³-hybridized carbons (Fsp3) is 0.625. The molecule has 0 aromatic heterocycles. The number of ether oxygens (including phenoxy) is 1. The summed E-state index contributed by atoms with van der Waals surface area (Å²) in [5, 5.41) is 8.71. The van der Waals surface area contributed by atoms with E-state index in [2.05, 4.69) is 11.2 Å². The van der Waals surface area contributed by atoms with Gasteiger partial charge in [0.25, 0.3) is 0 Å². The number of rotatable bonds is 5. The molecule has 13 heavy (non-hydrogen) atoms. The Labute approximate surface area is 76.0 Å². The topological polar surface area (TPSA) is 74.9 Å². The Kier molecular flexibility index (Phi) is 4.91. The Hall–Kier alpha value is -1.23. The first-order chi connectivity index (χ1) is 6.02. The summed E-state index contributed by atoms with van der Waals surface area (Å²) in [5.74, 6) is -2.63. The summed E-state index contributed by atoms with van der Waals surface area (Å²) in [6, 6.07) is 0. The van der Waals surface area contributed by atoms with E-state index in [4.69, 9.17) is 9.84 Å². The van der Waals surface area contributed by atoms with Crippen LogP contribution < -0.4 is 0 Å². The number of carbonyl (C=O) groups is 2. The fourth-order valence-corrected chi connectivity index (χ4v) is 0.857. The van der Waals surface area contributed by atoms with E-state index < -0.39 is 24.0 Å². The minimum atomic E-state index is -1.08. The lowest BCUT2D eigenvalue weighted by molar-refractivity contribution is -0.370. The molecule has 1 N–H and O–H groups in total. The van der Waals surface area contributed by atoms with Crippen molar-refractivity contribution in [2.45, 2.75) is 19.4 Å². The molecule has 0 spiro atoms. The van der Waals surface area contributed by atoms with Gasteiger partial charge in [-0.2, -0.15) is 0 Å².